The van der Waals surface area contributed by atoms with Crippen LogP contribution >= 0.6 is 0 Å². The zero-order valence-electron chi connectivity index (χ0n) is 6.06. The predicted molar refractivity (Wildman–Crippen MR) is 39.1 cm³/mol. The zero-order valence-corrected chi connectivity index (χ0v) is 6.06. The molecule has 0 heterocycles. The van der Waals surface area contributed by atoms with Gasteiger partial charge < -0.3 is 0 Å². The normalized spacial score (nSPS) is 48.6. The summed E-state index contributed by atoms with van der Waals surface area (Å²) in [6.07, 6.45) is 4.20. The van der Waals surface area contributed by atoms with Crippen molar-refractivity contribution in [1.82, 2.24) is 0 Å². The lowest BCUT2D eigenvalue weighted by Gasteiger charge is -2.49. The van der Waals surface area contributed by atoms with E-state index < -0.39 is 0 Å². The number of hydrogen-bond acceptors (Lipinski definition) is 0. The maximum Gasteiger partial charge on any atom is -0.0175 e. The molecule has 3 fully saturated rings. The van der Waals surface area contributed by atoms with Gasteiger partial charge in [0.1, 0.15) is 0 Å². The molecule has 50 valence electrons. The molecule has 0 aromatic carbocycles. The van der Waals surface area contributed by atoms with Crippen LogP contribution in [-0.4, -0.2) is 0 Å². The van der Waals surface area contributed by atoms with Crippen LogP contribution in [0.3, 0.4) is 0 Å². The van der Waals surface area contributed by atoms with Crippen molar-refractivity contribution in [3.63, 3.8) is 0 Å². The number of hydrogen-bond donors (Lipinski definition) is 0. The Bertz CT molecular complexity index is 144. The molecule has 3 unspecified atom stereocenters. The Morgan fingerprint density at radius 1 is 1.56 bits per heavy atom. The van der Waals surface area contributed by atoms with E-state index in [0.717, 1.165) is 17.8 Å². The lowest BCUT2D eigenvalue weighted by atomic mass is 9.56. The van der Waals surface area contributed by atoms with Crippen molar-refractivity contribution in [3.05, 3.63) is 12.2 Å². The van der Waals surface area contributed by atoms with E-state index in [1.165, 1.54) is 24.8 Å². The lowest BCUT2D eigenvalue weighted by Crippen LogP contribution is -2.39. The van der Waals surface area contributed by atoms with Crippen molar-refractivity contribution in [2.24, 2.45) is 17.8 Å². The minimum atomic E-state index is 0.920. The molecule has 0 saturated heterocycles. The molecule has 0 nitrogen and oxygen atoms in total. The van der Waals surface area contributed by atoms with E-state index in [-0.39, 0.29) is 0 Å². The molecule has 0 spiro atoms. The molecule has 0 radical (unpaired) electrons. The van der Waals surface area contributed by atoms with Gasteiger partial charge in [-0.15, -0.1) is 0 Å². The summed E-state index contributed by atoms with van der Waals surface area (Å²) in [5.41, 5.74) is 1.53. The smallest absolute Gasteiger partial charge is 0.0175 e. The molecule has 2 bridgehead atoms. The Labute approximate surface area is 57.0 Å². The van der Waals surface area contributed by atoms with Crippen molar-refractivity contribution < 1.29 is 0 Å². The third-order valence-corrected chi connectivity index (χ3v) is 3.30. The molecule has 0 heteroatoms. The van der Waals surface area contributed by atoms with E-state index in [9.17, 15) is 0 Å². The third-order valence-electron chi connectivity index (χ3n) is 3.30. The first-order valence-corrected chi connectivity index (χ1v) is 3.96. The van der Waals surface area contributed by atoms with Gasteiger partial charge in [0.2, 0.25) is 0 Å². The number of fused-ring (bicyclic) bond motifs is 2. The van der Waals surface area contributed by atoms with Crippen LogP contribution in [0.4, 0.5) is 0 Å². The highest BCUT2D eigenvalue weighted by Gasteiger charge is 2.42. The standard InChI is InChI=1S/C9H14/c1-6-3-4-8-5-9(6)7(8)2/h7-9H,1,3-5H2,2H3. The molecule has 3 aliphatic rings. The first-order chi connectivity index (χ1) is 4.29. The highest BCUT2D eigenvalue weighted by atomic mass is 14.5. The van der Waals surface area contributed by atoms with E-state index in [1.54, 1.807) is 0 Å². The first-order valence-electron chi connectivity index (χ1n) is 3.96. The zero-order chi connectivity index (χ0) is 6.43. The van der Waals surface area contributed by atoms with E-state index in [2.05, 4.69) is 13.5 Å². The molecular formula is C9H14. The van der Waals surface area contributed by atoms with Crippen molar-refractivity contribution in [2.45, 2.75) is 26.2 Å². The molecule has 0 aromatic rings. The summed E-state index contributed by atoms with van der Waals surface area (Å²) in [7, 11) is 0. The van der Waals surface area contributed by atoms with Gasteiger partial charge in [0.15, 0.2) is 0 Å². The van der Waals surface area contributed by atoms with Crippen LogP contribution in [0.1, 0.15) is 26.2 Å². The average Bonchev–Trinajstić information content (AvgIpc) is 1.86. The van der Waals surface area contributed by atoms with E-state index >= 15 is 0 Å². The van der Waals surface area contributed by atoms with Crippen LogP contribution in [0.2, 0.25) is 0 Å². The number of rotatable bonds is 0. The van der Waals surface area contributed by atoms with Crippen molar-refractivity contribution in [1.29, 1.82) is 0 Å². The summed E-state index contributed by atoms with van der Waals surface area (Å²) in [6.45, 7) is 6.46. The lowest BCUT2D eigenvalue weighted by molar-refractivity contribution is 0.0749. The molecule has 0 N–H and O–H groups in total. The van der Waals surface area contributed by atoms with Gasteiger partial charge >= 0.3 is 0 Å². The van der Waals surface area contributed by atoms with Crippen molar-refractivity contribution >= 4 is 0 Å². The molecule has 0 aromatic heterocycles. The minimum Gasteiger partial charge on any atom is -0.0996 e. The van der Waals surface area contributed by atoms with E-state index in [0.29, 0.717) is 0 Å². The Morgan fingerprint density at radius 3 is 2.67 bits per heavy atom. The van der Waals surface area contributed by atoms with Crippen LogP contribution in [-0.2, 0) is 0 Å². The van der Waals surface area contributed by atoms with Crippen LogP contribution in [0, 0.1) is 17.8 Å². The minimum absolute atomic E-state index is 0.920. The molecule has 0 aliphatic heterocycles. The monoisotopic (exact) mass is 122 g/mol. The highest BCUT2D eigenvalue weighted by molar-refractivity contribution is 5.13. The Morgan fingerprint density at radius 2 is 2.33 bits per heavy atom. The second-order valence-electron chi connectivity index (χ2n) is 3.66. The van der Waals surface area contributed by atoms with E-state index in [4.69, 9.17) is 0 Å². The number of allylic oxidation sites excluding steroid dienone is 1. The van der Waals surface area contributed by atoms with Crippen molar-refractivity contribution in [2.75, 3.05) is 0 Å². The van der Waals surface area contributed by atoms with E-state index in [1.807, 2.05) is 0 Å². The SMILES string of the molecule is C=C1CCC2CC1C2C. The van der Waals surface area contributed by atoms with Gasteiger partial charge in [-0.25, -0.2) is 0 Å². The van der Waals surface area contributed by atoms with Crippen LogP contribution in [0.25, 0.3) is 0 Å². The molecule has 3 saturated carbocycles. The first kappa shape index (κ1) is 5.52. The maximum atomic E-state index is 4.08. The fourth-order valence-electron chi connectivity index (χ4n) is 2.36. The third kappa shape index (κ3) is 0.593. The summed E-state index contributed by atoms with van der Waals surface area (Å²) >= 11 is 0. The Kier molecular flexibility index (Phi) is 0.992. The summed E-state index contributed by atoms with van der Waals surface area (Å²) in [4.78, 5) is 0. The van der Waals surface area contributed by atoms with Gasteiger partial charge in [0.05, 0.1) is 0 Å². The van der Waals surface area contributed by atoms with Gasteiger partial charge in [-0.1, -0.05) is 19.1 Å². The van der Waals surface area contributed by atoms with Crippen LogP contribution in [0.5, 0.6) is 0 Å². The predicted octanol–water partition coefficient (Wildman–Crippen LogP) is 2.61. The van der Waals surface area contributed by atoms with Gasteiger partial charge in [-0.05, 0) is 37.0 Å². The van der Waals surface area contributed by atoms with Gasteiger partial charge in [0.25, 0.3) is 0 Å². The second kappa shape index (κ2) is 1.62. The summed E-state index contributed by atoms with van der Waals surface area (Å²) in [6, 6.07) is 0. The van der Waals surface area contributed by atoms with Gasteiger partial charge in [-0.3, -0.25) is 0 Å². The maximum absolute atomic E-state index is 4.08. The quantitative estimate of drug-likeness (QED) is 0.433. The van der Waals surface area contributed by atoms with Crippen LogP contribution in [0.15, 0.2) is 12.2 Å². The second-order valence-corrected chi connectivity index (χ2v) is 3.66. The van der Waals surface area contributed by atoms with Gasteiger partial charge in [0, 0.05) is 0 Å². The fraction of sp³-hybridized carbons (Fsp3) is 0.778. The molecular weight excluding hydrogens is 108 g/mol. The van der Waals surface area contributed by atoms with Crippen molar-refractivity contribution in [3.8, 4) is 0 Å². The topological polar surface area (TPSA) is 0 Å². The summed E-state index contributed by atoms with van der Waals surface area (Å²) < 4.78 is 0. The molecule has 3 atom stereocenters. The Balaban J connectivity index is 2.14. The molecule has 9 heavy (non-hydrogen) atoms. The molecule has 3 rings (SSSR count). The molecule has 0 amide bonds. The average molecular weight is 122 g/mol. The largest absolute Gasteiger partial charge is 0.0996 e. The summed E-state index contributed by atoms with van der Waals surface area (Å²) in [5.74, 6) is 2.97. The van der Waals surface area contributed by atoms with Gasteiger partial charge in [-0.2, -0.15) is 0 Å². The Hall–Kier alpha value is -0.260. The fourth-order valence-corrected chi connectivity index (χ4v) is 2.36. The molecule has 3 aliphatic carbocycles. The highest BCUT2D eigenvalue weighted by Crippen LogP contribution is 2.52. The summed E-state index contributed by atoms with van der Waals surface area (Å²) in [5, 5.41) is 0. The van der Waals surface area contributed by atoms with Crippen LogP contribution < -0.4 is 0 Å².